The number of benzene rings is 1. The molecule has 0 saturated carbocycles. The van der Waals surface area contributed by atoms with Crippen molar-refractivity contribution in [3.05, 3.63) is 29.8 Å². The quantitative estimate of drug-likeness (QED) is 0.444. The number of urea groups is 2. The predicted octanol–water partition coefficient (Wildman–Crippen LogP) is 2.48. The number of carbonyl (C=O) groups is 4. The van der Waals surface area contributed by atoms with Crippen molar-refractivity contribution in [2.45, 2.75) is 33.1 Å². The summed E-state index contributed by atoms with van der Waals surface area (Å²) >= 11 is 0. The van der Waals surface area contributed by atoms with Crippen molar-refractivity contribution in [2.75, 3.05) is 64.7 Å². The van der Waals surface area contributed by atoms with Crippen molar-refractivity contribution in [1.82, 2.24) is 24.5 Å². The fraction of sp³-hybridized carbons (Fsp3) is 0.577. The van der Waals surface area contributed by atoms with E-state index in [0.717, 1.165) is 35.7 Å². The Kier molecular flexibility index (Phi) is 9.85. The molecule has 2 aliphatic heterocycles. The number of nitrogens with one attached hydrogen (secondary N) is 1. The van der Waals surface area contributed by atoms with Crippen LogP contribution in [0.5, 0.6) is 0 Å². The number of piperazine rings is 1. The summed E-state index contributed by atoms with van der Waals surface area (Å²) in [5, 5.41) is 11.9. The molecule has 0 radical (unpaired) electrons. The fourth-order valence-corrected chi connectivity index (χ4v) is 4.32. The molecule has 0 atom stereocenters. The first-order valence-electron chi connectivity index (χ1n) is 12.8. The molecule has 37 heavy (non-hydrogen) atoms. The highest BCUT2D eigenvalue weighted by atomic mass is 16.2. The number of imide groups is 1. The third kappa shape index (κ3) is 7.67. The first kappa shape index (κ1) is 27.9. The zero-order valence-corrected chi connectivity index (χ0v) is 22.0. The van der Waals surface area contributed by atoms with Gasteiger partial charge >= 0.3 is 12.1 Å². The van der Waals surface area contributed by atoms with Crippen molar-refractivity contribution in [1.29, 1.82) is 5.26 Å². The van der Waals surface area contributed by atoms with Crippen molar-refractivity contribution in [3.8, 4) is 6.19 Å². The minimum absolute atomic E-state index is 0.161. The molecule has 1 aromatic rings. The first-order chi connectivity index (χ1) is 17.7. The Morgan fingerprint density at radius 3 is 2.16 bits per heavy atom. The largest absolute Gasteiger partial charge is 0.342 e. The van der Waals surface area contributed by atoms with Gasteiger partial charge in [0.2, 0.25) is 5.91 Å². The zero-order chi connectivity index (χ0) is 26.9. The summed E-state index contributed by atoms with van der Waals surface area (Å²) in [6.07, 6.45) is 4.50. The van der Waals surface area contributed by atoms with E-state index >= 15 is 0 Å². The highest BCUT2D eigenvalue weighted by molar-refractivity contribution is 6.04. The van der Waals surface area contributed by atoms with E-state index in [1.807, 2.05) is 18.7 Å². The molecule has 1 N–H and O–H groups in total. The van der Waals surface area contributed by atoms with Gasteiger partial charge in [0.05, 0.1) is 6.54 Å². The van der Waals surface area contributed by atoms with Crippen molar-refractivity contribution in [2.24, 2.45) is 5.92 Å². The maximum Gasteiger partial charge on any atom is 0.339 e. The molecule has 11 nitrogen and oxygen atoms in total. The molecule has 2 heterocycles. The maximum atomic E-state index is 13.0. The van der Waals surface area contributed by atoms with Crippen LogP contribution in [0.1, 0.15) is 43.5 Å². The van der Waals surface area contributed by atoms with Gasteiger partial charge in [0, 0.05) is 64.1 Å². The van der Waals surface area contributed by atoms with E-state index < -0.39 is 11.9 Å². The normalized spacial score (nSPS) is 15.9. The van der Waals surface area contributed by atoms with E-state index in [-0.39, 0.29) is 30.0 Å². The van der Waals surface area contributed by atoms with Crippen LogP contribution in [0.2, 0.25) is 0 Å². The summed E-state index contributed by atoms with van der Waals surface area (Å²) in [5.41, 5.74) is 0.820. The minimum Gasteiger partial charge on any atom is -0.342 e. The van der Waals surface area contributed by atoms with Gasteiger partial charge in [-0.3, -0.25) is 19.4 Å². The van der Waals surface area contributed by atoms with Crippen LogP contribution in [0.25, 0.3) is 0 Å². The zero-order valence-electron chi connectivity index (χ0n) is 22.0. The highest BCUT2D eigenvalue weighted by Crippen LogP contribution is 2.16. The standard InChI is InChI=1S/C26H37N7O4/c1-20(2)10-13-33(26(37)29(3)19-27)24(35)21-6-8-22(9-7-21)28-25(36)32-16-14-30(15-17-32)18-23(34)31-11-4-5-12-31/h6-9,20H,4-5,10-18H2,1-3H3,(H,28,36). The molecule has 2 saturated heterocycles. The van der Waals surface area contributed by atoms with E-state index in [1.54, 1.807) is 35.4 Å². The van der Waals surface area contributed by atoms with Crippen molar-refractivity contribution in [3.63, 3.8) is 0 Å². The van der Waals surface area contributed by atoms with E-state index in [4.69, 9.17) is 5.26 Å². The second-order valence-corrected chi connectivity index (χ2v) is 9.94. The molecule has 0 aliphatic carbocycles. The molecular weight excluding hydrogens is 474 g/mol. The average molecular weight is 512 g/mol. The van der Waals surface area contributed by atoms with Crippen LogP contribution in [0.15, 0.2) is 24.3 Å². The van der Waals surface area contributed by atoms with Gasteiger partial charge in [0.15, 0.2) is 6.19 Å². The van der Waals surface area contributed by atoms with Crippen molar-refractivity contribution < 1.29 is 19.2 Å². The lowest BCUT2D eigenvalue weighted by molar-refractivity contribution is -0.131. The number of hydrogen-bond acceptors (Lipinski definition) is 6. The molecule has 3 rings (SSSR count). The maximum absolute atomic E-state index is 13.0. The van der Waals surface area contributed by atoms with Gasteiger partial charge in [-0.25, -0.2) is 14.5 Å². The topological polar surface area (TPSA) is 120 Å². The van der Waals surface area contributed by atoms with Gasteiger partial charge in [0.25, 0.3) is 5.91 Å². The molecule has 0 spiro atoms. The third-order valence-corrected chi connectivity index (χ3v) is 6.70. The van der Waals surface area contributed by atoms with Gasteiger partial charge in [-0.2, -0.15) is 5.26 Å². The predicted molar refractivity (Wildman–Crippen MR) is 139 cm³/mol. The molecule has 2 aliphatic rings. The minimum atomic E-state index is -0.674. The number of amides is 6. The molecule has 6 amide bonds. The summed E-state index contributed by atoms with van der Waals surface area (Å²) in [4.78, 5) is 58.3. The van der Waals surface area contributed by atoms with E-state index in [1.165, 1.54) is 7.05 Å². The number of rotatable bonds is 7. The Labute approximate surface area is 218 Å². The Morgan fingerprint density at radius 1 is 0.973 bits per heavy atom. The van der Waals surface area contributed by atoms with E-state index in [0.29, 0.717) is 44.8 Å². The van der Waals surface area contributed by atoms with Gasteiger partial charge in [-0.1, -0.05) is 13.8 Å². The average Bonchev–Trinajstić information content (AvgIpc) is 3.44. The molecule has 0 bridgehead atoms. The number of anilines is 1. The summed E-state index contributed by atoms with van der Waals surface area (Å²) in [6.45, 7) is 8.59. The van der Waals surface area contributed by atoms with Gasteiger partial charge in [-0.05, 0) is 49.4 Å². The number of hydrogen-bond donors (Lipinski definition) is 1. The lowest BCUT2D eigenvalue weighted by Crippen LogP contribution is -2.52. The summed E-state index contributed by atoms with van der Waals surface area (Å²) in [5.74, 6) is -0.0560. The number of carbonyl (C=O) groups excluding carboxylic acids is 4. The van der Waals surface area contributed by atoms with Gasteiger partial charge < -0.3 is 15.1 Å². The summed E-state index contributed by atoms with van der Waals surface area (Å²) < 4.78 is 0. The molecule has 1 aromatic carbocycles. The Morgan fingerprint density at radius 2 is 1.59 bits per heavy atom. The van der Waals surface area contributed by atoms with Gasteiger partial charge in [0.1, 0.15) is 0 Å². The molecule has 2 fully saturated rings. The molecule has 200 valence electrons. The van der Waals surface area contributed by atoms with Crippen molar-refractivity contribution >= 4 is 29.6 Å². The van der Waals surface area contributed by atoms with Crippen LogP contribution in [0.4, 0.5) is 15.3 Å². The first-order valence-corrected chi connectivity index (χ1v) is 12.8. The van der Waals surface area contributed by atoms with E-state index in [9.17, 15) is 19.2 Å². The lowest BCUT2D eigenvalue weighted by Gasteiger charge is -2.35. The van der Waals surface area contributed by atoms with Gasteiger partial charge in [-0.15, -0.1) is 0 Å². The SMILES string of the molecule is CC(C)CCN(C(=O)c1ccc(NC(=O)N2CCN(CC(=O)N3CCCC3)CC2)cc1)C(=O)N(C)C#N. The Bertz CT molecular complexity index is 1010. The monoisotopic (exact) mass is 511 g/mol. The smallest absolute Gasteiger partial charge is 0.339 e. The van der Waals surface area contributed by atoms with Crippen LogP contribution in [0, 0.1) is 17.4 Å². The van der Waals surface area contributed by atoms with E-state index in [2.05, 4.69) is 10.2 Å². The Hall–Kier alpha value is -3.65. The lowest BCUT2D eigenvalue weighted by atomic mass is 10.1. The second-order valence-electron chi connectivity index (χ2n) is 9.94. The third-order valence-electron chi connectivity index (χ3n) is 6.70. The molecule has 0 unspecified atom stereocenters. The van der Waals surface area contributed by atoms with Crippen LogP contribution < -0.4 is 5.32 Å². The van der Waals surface area contributed by atoms with Crippen LogP contribution >= 0.6 is 0 Å². The van der Waals surface area contributed by atoms with Crippen LogP contribution in [-0.4, -0.2) is 108 Å². The number of nitrogens with zero attached hydrogens (tertiary/aromatic N) is 6. The highest BCUT2D eigenvalue weighted by Gasteiger charge is 2.27. The molecule has 11 heteroatoms. The summed E-state index contributed by atoms with van der Waals surface area (Å²) in [6, 6.07) is 5.44. The fourth-order valence-electron chi connectivity index (χ4n) is 4.32. The second kappa shape index (κ2) is 13.1. The Balaban J connectivity index is 1.52. The number of likely N-dealkylation sites (tertiary alicyclic amines) is 1. The summed E-state index contributed by atoms with van der Waals surface area (Å²) in [7, 11) is 1.32. The van der Waals surface area contributed by atoms with Crippen LogP contribution in [0.3, 0.4) is 0 Å². The molecule has 0 aromatic heterocycles. The number of nitriles is 1. The molecular formula is C26H37N7O4. The van der Waals surface area contributed by atoms with Crippen LogP contribution in [-0.2, 0) is 4.79 Å².